The first kappa shape index (κ1) is 11.1. The Balaban J connectivity index is 2.37. The molecule has 0 spiro atoms. The van der Waals surface area contributed by atoms with Gasteiger partial charge in [0.2, 0.25) is 0 Å². The second-order valence-corrected chi connectivity index (χ2v) is 4.76. The summed E-state index contributed by atoms with van der Waals surface area (Å²) in [7, 11) is 0. The number of hydrogen-bond donors (Lipinski definition) is 1. The molecule has 2 aromatic rings. The third-order valence-corrected chi connectivity index (χ3v) is 3.58. The number of fused-ring (bicyclic) bond motifs is 1. The molecule has 84 valence electrons. The van der Waals surface area contributed by atoms with E-state index in [-0.39, 0.29) is 5.82 Å². The van der Waals surface area contributed by atoms with Gasteiger partial charge >= 0.3 is 5.97 Å². The number of carboxylic acids is 1. The summed E-state index contributed by atoms with van der Waals surface area (Å²) in [4.78, 5) is 10.8. The molecule has 16 heavy (non-hydrogen) atoms. The van der Waals surface area contributed by atoms with Gasteiger partial charge in [-0.2, -0.15) is 0 Å². The van der Waals surface area contributed by atoms with Crippen LogP contribution >= 0.6 is 11.3 Å². The van der Waals surface area contributed by atoms with E-state index in [4.69, 9.17) is 5.11 Å². The van der Waals surface area contributed by atoms with E-state index in [0.717, 1.165) is 15.6 Å². The molecule has 0 radical (unpaired) electrons. The number of halogens is 1. The lowest BCUT2D eigenvalue weighted by molar-refractivity contribution is -0.141. The summed E-state index contributed by atoms with van der Waals surface area (Å²) in [6.07, 6.45) is 0.443. The van der Waals surface area contributed by atoms with Crippen molar-refractivity contribution < 1.29 is 14.3 Å². The van der Waals surface area contributed by atoms with E-state index in [9.17, 15) is 9.18 Å². The maximum atomic E-state index is 13.1. The summed E-state index contributed by atoms with van der Waals surface area (Å²) in [6, 6.07) is 4.61. The Kier molecular flexibility index (Phi) is 2.92. The van der Waals surface area contributed by atoms with E-state index in [1.54, 1.807) is 13.0 Å². The number of aliphatic carboxylic acids is 1. The van der Waals surface area contributed by atoms with Crippen molar-refractivity contribution in [2.75, 3.05) is 0 Å². The Bertz CT molecular complexity index is 533. The van der Waals surface area contributed by atoms with Gasteiger partial charge in [-0.05, 0) is 40.9 Å². The SMILES string of the molecule is CC(Cc1csc2ccc(F)cc12)C(=O)O. The second kappa shape index (κ2) is 4.22. The molecule has 1 aromatic heterocycles. The van der Waals surface area contributed by atoms with Crippen LogP contribution in [0.15, 0.2) is 23.6 Å². The summed E-state index contributed by atoms with van der Waals surface area (Å²) >= 11 is 1.52. The molecule has 4 heteroatoms. The van der Waals surface area contributed by atoms with Gasteiger partial charge in [-0.15, -0.1) is 11.3 Å². The van der Waals surface area contributed by atoms with E-state index in [0.29, 0.717) is 6.42 Å². The molecule has 1 heterocycles. The van der Waals surface area contributed by atoms with Gasteiger partial charge in [-0.1, -0.05) is 6.92 Å². The summed E-state index contributed by atoms with van der Waals surface area (Å²) in [6.45, 7) is 1.66. The Labute approximate surface area is 96.3 Å². The van der Waals surface area contributed by atoms with E-state index in [2.05, 4.69) is 0 Å². The van der Waals surface area contributed by atoms with E-state index >= 15 is 0 Å². The van der Waals surface area contributed by atoms with Crippen LogP contribution in [0.25, 0.3) is 10.1 Å². The second-order valence-electron chi connectivity index (χ2n) is 3.84. The Hall–Kier alpha value is -1.42. The highest BCUT2D eigenvalue weighted by atomic mass is 32.1. The van der Waals surface area contributed by atoms with Gasteiger partial charge in [0.1, 0.15) is 5.82 Å². The summed E-state index contributed by atoms with van der Waals surface area (Å²) < 4.78 is 14.1. The minimum atomic E-state index is -0.823. The molecule has 1 atom stereocenters. The standard InChI is InChI=1S/C12H11FO2S/c1-7(12(14)15)4-8-6-16-11-3-2-9(13)5-10(8)11/h2-3,5-7H,4H2,1H3,(H,14,15). The van der Waals surface area contributed by atoms with Crippen LogP contribution in [0.1, 0.15) is 12.5 Å². The van der Waals surface area contributed by atoms with Gasteiger partial charge in [-0.3, -0.25) is 4.79 Å². The van der Waals surface area contributed by atoms with Crippen molar-refractivity contribution in [1.29, 1.82) is 0 Å². The van der Waals surface area contributed by atoms with Gasteiger partial charge in [0.25, 0.3) is 0 Å². The first-order valence-corrected chi connectivity index (χ1v) is 5.84. The Morgan fingerprint density at radius 1 is 1.56 bits per heavy atom. The smallest absolute Gasteiger partial charge is 0.306 e. The maximum absolute atomic E-state index is 13.1. The average Bonchev–Trinajstić information content (AvgIpc) is 2.61. The van der Waals surface area contributed by atoms with Gasteiger partial charge < -0.3 is 5.11 Å². The first-order valence-electron chi connectivity index (χ1n) is 4.96. The molecule has 0 saturated carbocycles. The zero-order chi connectivity index (χ0) is 11.7. The monoisotopic (exact) mass is 238 g/mol. The van der Waals surface area contributed by atoms with Crippen LogP contribution in [0.3, 0.4) is 0 Å². The van der Waals surface area contributed by atoms with Crippen molar-refractivity contribution in [3.8, 4) is 0 Å². The van der Waals surface area contributed by atoms with Crippen LogP contribution in [0.5, 0.6) is 0 Å². The predicted octanol–water partition coefficient (Wildman–Crippen LogP) is 3.30. The normalized spacial score (nSPS) is 12.9. The average molecular weight is 238 g/mol. The molecule has 2 rings (SSSR count). The van der Waals surface area contributed by atoms with Crippen molar-refractivity contribution in [2.24, 2.45) is 5.92 Å². The zero-order valence-corrected chi connectivity index (χ0v) is 9.55. The van der Waals surface area contributed by atoms with Crippen LogP contribution < -0.4 is 0 Å². The van der Waals surface area contributed by atoms with Crippen molar-refractivity contribution in [3.63, 3.8) is 0 Å². The van der Waals surface area contributed by atoms with Crippen molar-refractivity contribution in [2.45, 2.75) is 13.3 Å². The van der Waals surface area contributed by atoms with Crippen LogP contribution in [-0.2, 0) is 11.2 Å². The minimum absolute atomic E-state index is 0.282. The maximum Gasteiger partial charge on any atom is 0.306 e. The number of rotatable bonds is 3. The molecule has 0 amide bonds. The van der Waals surface area contributed by atoms with E-state index < -0.39 is 11.9 Å². The first-order chi connectivity index (χ1) is 7.58. The third kappa shape index (κ3) is 2.07. The van der Waals surface area contributed by atoms with E-state index in [1.807, 2.05) is 5.38 Å². The summed E-state index contributed by atoms with van der Waals surface area (Å²) in [5.41, 5.74) is 0.911. The molecule has 0 saturated heterocycles. The van der Waals surface area contributed by atoms with Gasteiger partial charge in [0.05, 0.1) is 5.92 Å². The largest absolute Gasteiger partial charge is 0.481 e. The molecule has 1 unspecified atom stereocenters. The number of carbonyl (C=O) groups is 1. The molecule has 1 aromatic carbocycles. The molecule has 0 aliphatic rings. The van der Waals surface area contributed by atoms with Gasteiger partial charge in [-0.25, -0.2) is 4.39 Å². The summed E-state index contributed by atoms with van der Waals surface area (Å²) in [5.74, 6) is -1.55. The Morgan fingerprint density at radius 3 is 3.00 bits per heavy atom. The fourth-order valence-corrected chi connectivity index (χ4v) is 2.59. The highest BCUT2D eigenvalue weighted by molar-refractivity contribution is 7.17. The number of thiophene rings is 1. The summed E-state index contributed by atoms with van der Waals surface area (Å²) in [5, 5.41) is 11.6. The number of carboxylic acid groups (broad SMARTS) is 1. The molecule has 0 fully saturated rings. The quantitative estimate of drug-likeness (QED) is 0.890. The lowest BCUT2D eigenvalue weighted by Gasteiger charge is -2.04. The van der Waals surface area contributed by atoms with Crippen LogP contribution in [-0.4, -0.2) is 11.1 Å². The zero-order valence-electron chi connectivity index (χ0n) is 8.74. The van der Waals surface area contributed by atoms with Crippen LogP contribution in [0, 0.1) is 11.7 Å². The number of benzene rings is 1. The van der Waals surface area contributed by atoms with Crippen LogP contribution in [0.2, 0.25) is 0 Å². The lowest BCUT2D eigenvalue weighted by atomic mass is 10.0. The molecule has 1 N–H and O–H groups in total. The Morgan fingerprint density at radius 2 is 2.31 bits per heavy atom. The highest BCUT2D eigenvalue weighted by Gasteiger charge is 2.14. The van der Waals surface area contributed by atoms with Crippen molar-refractivity contribution in [3.05, 3.63) is 35.0 Å². The highest BCUT2D eigenvalue weighted by Crippen LogP contribution is 2.28. The van der Waals surface area contributed by atoms with Crippen molar-refractivity contribution in [1.82, 2.24) is 0 Å². The topological polar surface area (TPSA) is 37.3 Å². The molecular weight excluding hydrogens is 227 g/mol. The number of hydrogen-bond acceptors (Lipinski definition) is 2. The van der Waals surface area contributed by atoms with Gasteiger partial charge in [0, 0.05) is 4.70 Å². The molecular formula is C12H11FO2S. The van der Waals surface area contributed by atoms with Crippen LogP contribution in [0.4, 0.5) is 4.39 Å². The fourth-order valence-electron chi connectivity index (χ4n) is 1.63. The molecule has 0 aliphatic heterocycles. The minimum Gasteiger partial charge on any atom is -0.481 e. The van der Waals surface area contributed by atoms with Crippen molar-refractivity contribution >= 4 is 27.4 Å². The van der Waals surface area contributed by atoms with E-state index in [1.165, 1.54) is 23.5 Å². The van der Waals surface area contributed by atoms with Gasteiger partial charge in [0.15, 0.2) is 0 Å². The predicted molar refractivity (Wildman–Crippen MR) is 62.3 cm³/mol. The lowest BCUT2D eigenvalue weighted by Crippen LogP contribution is -2.11. The molecule has 2 nitrogen and oxygen atoms in total. The molecule has 0 aliphatic carbocycles. The molecule has 0 bridgehead atoms. The third-order valence-electron chi connectivity index (χ3n) is 2.56. The fraction of sp³-hybridized carbons (Fsp3) is 0.250.